The van der Waals surface area contributed by atoms with Crippen LogP contribution in [0.25, 0.3) is 22.6 Å². The van der Waals surface area contributed by atoms with Gasteiger partial charge in [-0.15, -0.1) is 0 Å². The monoisotopic (exact) mass is 400 g/mol. The molecule has 3 rings (SSSR count). The van der Waals surface area contributed by atoms with E-state index in [0.717, 1.165) is 18.6 Å². The Balaban J connectivity index is 1.97. The van der Waals surface area contributed by atoms with Gasteiger partial charge in [-0.05, 0) is 48.9 Å². The van der Waals surface area contributed by atoms with Crippen LogP contribution in [0.3, 0.4) is 0 Å². The third-order valence-electron chi connectivity index (χ3n) is 4.09. The van der Waals surface area contributed by atoms with Crippen molar-refractivity contribution in [2.45, 2.75) is 19.8 Å². The van der Waals surface area contributed by atoms with Crippen LogP contribution in [0.1, 0.15) is 30.1 Å². The molecule has 1 aromatic heterocycles. The number of hydrogen-bond donors (Lipinski definition) is 1. The molecule has 3 aromatic rings. The molecule has 0 radical (unpaired) electrons. The van der Waals surface area contributed by atoms with E-state index in [1.807, 2.05) is 12.1 Å². The molecule has 0 bridgehead atoms. The van der Waals surface area contributed by atoms with Crippen LogP contribution in [0.5, 0.6) is 5.75 Å². The van der Waals surface area contributed by atoms with Gasteiger partial charge in [0.15, 0.2) is 5.82 Å². The largest absolute Gasteiger partial charge is 0.494 e. The Morgan fingerprint density at radius 3 is 2.54 bits per heavy atom. The summed E-state index contributed by atoms with van der Waals surface area (Å²) >= 11 is 5.84. The number of carboxylic acids is 1. The van der Waals surface area contributed by atoms with Crippen molar-refractivity contribution in [3.8, 4) is 28.4 Å². The minimum Gasteiger partial charge on any atom is -0.494 e. The molecule has 0 spiro atoms. The number of carboxylic acid groups (broad SMARTS) is 1. The third kappa shape index (κ3) is 4.46. The van der Waals surface area contributed by atoms with E-state index in [1.54, 1.807) is 12.1 Å². The second-order valence-electron chi connectivity index (χ2n) is 6.12. The van der Waals surface area contributed by atoms with Crippen molar-refractivity contribution in [1.82, 2.24) is 9.97 Å². The van der Waals surface area contributed by atoms with Gasteiger partial charge in [-0.25, -0.2) is 19.2 Å². The molecule has 5 nitrogen and oxygen atoms in total. The molecular weight excluding hydrogens is 383 g/mol. The van der Waals surface area contributed by atoms with Crippen molar-refractivity contribution >= 4 is 17.6 Å². The first kappa shape index (κ1) is 19.8. The molecule has 0 atom stereocenters. The molecule has 28 heavy (non-hydrogen) atoms. The van der Waals surface area contributed by atoms with Crippen molar-refractivity contribution in [2.75, 3.05) is 6.61 Å². The van der Waals surface area contributed by atoms with Crippen LogP contribution in [0.15, 0.2) is 48.7 Å². The summed E-state index contributed by atoms with van der Waals surface area (Å²) in [6.07, 6.45) is 3.27. The highest BCUT2D eigenvalue weighted by atomic mass is 35.5. The number of ether oxygens (including phenoxy) is 1. The summed E-state index contributed by atoms with van der Waals surface area (Å²) in [6, 6.07) is 11.2. The van der Waals surface area contributed by atoms with Gasteiger partial charge in [-0.3, -0.25) is 0 Å². The first-order valence-electron chi connectivity index (χ1n) is 8.78. The minimum absolute atomic E-state index is 0.0917. The highest BCUT2D eigenvalue weighted by Crippen LogP contribution is 2.28. The van der Waals surface area contributed by atoms with E-state index < -0.39 is 11.8 Å². The third-order valence-corrected chi connectivity index (χ3v) is 4.38. The molecule has 144 valence electrons. The molecule has 0 amide bonds. The summed E-state index contributed by atoms with van der Waals surface area (Å²) in [6.45, 7) is 2.74. The van der Waals surface area contributed by atoms with Gasteiger partial charge in [-0.1, -0.05) is 24.9 Å². The van der Waals surface area contributed by atoms with E-state index in [-0.39, 0.29) is 16.3 Å². The maximum atomic E-state index is 13.5. The smallest absolute Gasteiger partial charge is 0.339 e. The average molecular weight is 401 g/mol. The van der Waals surface area contributed by atoms with Crippen molar-refractivity contribution < 1.29 is 19.0 Å². The first-order chi connectivity index (χ1) is 13.5. The summed E-state index contributed by atoms with van der Waals surface area (Å²) in [4.78, 5) is 20.1. The molecule has 0 unspecified atom stereocenters. The van der Waals surface area contributed by atoms with Gasteiger partial charge >= 0.3 is 5.97 Å². The van der Waals surface area contributed by atoms with Crippen LogP contribution in [-0.4, -0.2) is 27.7 Å². The Labute approximate surface area is 166 Å². The fourth-order valence-corrected chi connectivity index (χ4v) is 2.76. The van der Waals surface area contributed by atoms with Crippen LogP contribution < -0.4 is 4.74 Å². The number of carbonyl (C=O) groups is 1. The lowest BCUT2D eigenvalue weighted by Gasteiger charge is -2.10. The zero-order valence-corrected chi connectivity index (χ0v) is 15.9. The number of hydrogen-bond acceptors (Lipinski definition) is 4. The van der Waals surface area contributed by atoms with E-state index >= 15 is 0 Å². The van der Waals surface area contributed by atoms with Crippen LogP contribution in [0.2, 0.25) is 5.02 Å². The summed E-state index contributed by atoms with van der Waals surface area (Å²) in [5, 5.41) is 9.34. The first-order valence-corrected chi connectivity index (χ1v) is 9.16. The maximum Gasteiger partial charge on any atom is 0.339 e. The molecular formula is C21H18ClFN2O3. The predicted octanol–water partition coefficient (Wildman–Crippen LogP) is 5.48. The van der Waals surface area contributed by atoms with E-state index in [4.69, 9.17) is 16.3 Å². The highest BCUT2D eigenvalue weighted by Gasteiger charge is 2.17. The van der Waals surface area contributed by atoms with Crippen molar-refractivity contribution in [3.05, 3.63) is 65.1 Å². The number of unbranched alkanes of at least 4 members (excludes halogenated alkanes) is 1. The molecule has 0 aliphatic heterocycles. The molecule has 7 heteroatoms. The van der Waals surface area contributed by atoms with Crippen LogP contribution in [0.4, 0.5) is 4.39 Å². The van der Waals surface area contributed by atoms with Gasteiger partial charge < -0.3 is 9.84 Å². The van der Waals surface area contributed by atoms with Crippen LogP contribution >= 0.6 is 11.6 Å². The number of aromatic carboxylic acids is 1. The Hall–Kier alpha value is -2.99. The molecule has 1 heterocycles. The Morgan fingerprint density at radius 1 is 1.18 bits per heavy atom. The SMILES string of the molecule is CCCCOc1ccc(-c2ncc(C(=O)O)c(-c3ccc(F)c(Cl)c3)n2)cc1. The van der Waals surface area contributed by atoms with Crippen LogP contribution in [0, 0.1) is 5.82 Å². The van der Waals surface area contributed by atoms with Crippen molar-refractivity contribution in [2.24, 2.45) is 0 Å². The average Bonchev–Trinajstić information content (AvgIpc) is 2.70. The summed E-state index contributed by atoms with van der Waals surface area (Å²) in [5.74, 6) is -0.678. The zero-order chi connectivity index (χ0) is 20.1. The van der Waals surface area contributed by atoms with Gasteiger partial charge in [0, 0.05) is 17.3 Å². The topological polar surface area (TPSA) is 72.3 Å². The molecule has 2 aromatic carbocycles. The van der Waals surface area contributed by atoms with Gasteiger partial charge in [0.05, 0.1) is 17.3 Å². The maximum absolute atomic E-state index is 13.5. The molecule has 0 aliphatic carbocycles. The Morgan fingerprint density at radius 2 is 1.89 bits per heavy atom. The quantitative estimate of drug-likeness (QED) is 0.531. The number of benzene rings is 2. The molecule has 0 aliphatic rings. The normalized spacial score (nSPS) is 10.7. The highest BCUT2D eigenvalue weighted by molar-refractivity contribution is 6.31. The second-order valence-corrected chi connectivity index (χ2v) is 6.52. The van der Waals surface area contributed by atoms with Gasteiger partial charge in [0.1, 0.15) is 17.1 Å². The standard InChI is InChI=1S/C21H18ClFN2O3/c1-2-3-10-28-15-7-4-13(5-8-15)20-24-12-16(21(26)27)19(25-20)14-6-9-18(23)17(22)11-14/h4-9,11-12H,2-3,10H2,1H3,(H,26,27). The zero-order valence-electron chi connectivity index (χ0n) is 15.2. The van der Waals surface area contributed by atoms with Crippen molar-refractivity contribution in [1.29, 1.82) is 0 Å². The Bertz CT molecular complexity index is 993. The fourth-order valence-electron chi connectivity index (χ4n) is 2.58. The lowest BCUT2D eigenvalue weighted by atomic mass is 10.1. The van der Waals surface area contributed by atoms with E-state index in [1.165, 1.54) is 24.4 Å². The van der Waals surface area contributed by atoms with E-state index in [0.29, 0.717) is 23.6 Å². The number of aromatic nitrogens is 2. The van der Waals surface area contributed by atoms with E-state index in [2.05, 4.69) is 16.9 Å². The van der Waals surface area contributed by atoms with Crippen LogP contribution in [-0.2, 0) is 0 Å². The summed E-state index contributed by atoms with van der Waals surface area (Å²) < 4.78 is 19.1. The van der Waals surface area contributed by atoms with Gasteiger partial charge in [0.2, 0.25) is 0 Å². The van der Waals surface area contributed by atoms with E-state index in [9.17, 15) is 14.3 Å². The summed E-state index contributed by atoms with van der Waals surface area (Å²) in [5.41, 5.74) is 1.18. The van der Waals surface area contributed by atoms with Gasteiger partial charge in [-0.2, -0.15) is 0 Å². The van der Waals surface area contributed by atoms with Crippen molar-refractivity contribution in [3.63, 3.8) is 0 Å². The fraction of sp³-hybridized carbons (Fsp3) is 0.190. The molecule has 0 saturated heterocycles. The Kier molecular flexibility index (Phi) is 6.21. The lowest BCUT2D eigenvalue weighted by Crippen LogP contribution is -2.05. The molecule has 1 N–H and O–H groups in total. The molecule has 0 fully saturated rings. The summed E-state index contributed by atoms with van der Waals surface area (Å²) in [7, 11) is 0. The number of nitrogens with zero attached hydrogens (tertiary/aromatic N) is 2. The lowest BCUT2D eigenvalue weighted by molar-refractivity contribution is 0.0697. The minimum atomic E-state index is -1.18. The molecule has 0 saturated carbocycles. The number of halogens is 2. The predicted molar refractivity (Wildman–Crippen MR) is 105 cm³/mol. The number of rotatable bonds is 7. The second kappa shape index (κ2) is 8.80. The van der Waals surface area contributed by atoms with Gasteiger partial charge in [0.25, 0.3) is 0 Å².